The molecule has 5 nitrogen and oxygen atoms in total. The van der Waals surface area contributed by atoms with E-state index in [2.05, 4.69) is 10.3 Å². The first-order valence-corrected chi connectivity index (χ1v) is 5.23. The number of hydrogen-bond acceptors (Lipinski definition) is 3. The van der Waals surface area contributed by atoms with Gasteiger partial charge in [0.15, 0.2) is 0 Å². The molecule has 1 aliphatic rings. The Kier molecular flexibility index (Phi) is 3.14. The summed E-state index contributed by atoms with van der Waals surface area (Å²) in [6.07, 6.45) is 4.65. The SMILES string of the molecule is O=C1CCN(CCc2cccnc2)C(=O)N1. The van der Waals surface area contributed by atoms with Gasteiger partial charge in [0, 0.05) is 31.9 Å². The largest absolute Gasteiger partial charge is 0.324 e. The molecule has 0 atom stereocenters. The maximum Gasteiger partial charge on any atom is 0.324 e. The van der Waals surface area contributed by atoms with E-state index < -0.39 is 0 Å². The molecule has 5 heteroatoms. The second-order valence-electron chi connectivity index (χ2n) is 3.70. The van der Waals surface area contributed by atoms with Crippen molar-refractivity contribution in [3.05, 3.63) is 30.1 Å². The standard InChI is InChI=1S/C11H13N3O2/c15-10-4-7-14(11(16)13-10)6-3-9-2-1-5-12-8-9/h1-2,5,8H,3-4,6-7H2,(H,13,15,16). The van der Waals surface area contributed by atoms with Gasteiger partial charge in [0.2, 0.25) is 5.91 Å². The van der Waals surface area contributed by atoms with E-state index in [1.54, 1.807) is 17.3 Å². The summed E-state index contributed by atoms with van der Waals surface area (Å²) < 4.78 is 0. The van der Waals surface area contributed by atoms with Crippen molar-refractivity contribution in [3.63, 3.8) is 0 Å². The summed E-state index contributed by atoms with van der Waals surface area (Å²) in [6.45, 7) is 1.12. The van der Waals surface area contributed by atoms with E-state index >= 15 is 0 Å². The molecular formula is C11H13N3O2. The molecule has 0 aromatic carbocycles. The van der Waals surface area contributed by atoms with E-state index in [9.17, 15) is 9.59 Å². The Morgan fingerprint density at radius 3 is 3.00 bits per heavy atom. The van der Waals surface area contributed by atoms with Crippen LogP contribution < -0.4 is 5.32 Å². The number of amides is 3. The van der Waals surface area contributed by atoms with Crippen LogP contribution in [0, 0.1) is 0 Å². The van der Waals surface area contributed by atoms with Crippen LogP contribution in [0.3, 0.4) is 0 Å². The van der Waals surface area contributed by atoms with E-state index in [0.717, 1.165) is 12.0 Å². The minimum absolute atomic E-state index is 0.192. The van der Waals surface area contributed by atoms with Crippen molar-refractivity contribution in [3.8, 4) is 0 Å². The first-order chi connectivity index (χ1) is 7.75. The second kappa shape index (κ2) is 4.74. The van der Waals surface area contributed by atoms with Gasteiger partial charge in [-0.15, -0.1) is 0 Å². The summed E-state index contributed by atoms with van der Waals surface area (Å²) in [5.41, 5.74) is 1.09. The van der Waals surface area contributed by atoms with Crippen molar-refractivity contribution in [1.82, 2.24) is 15.2 Å². The van der Waals surface area contributed by atoms with E-state index in [4.69, 9.17) is 0 Å². The summed E-state index contributed by atoms with van der Waals surface area (Å²) in [7, 11) is 0. The third-order valence-corrected chi connectivity index (χ3v) is 2.54. The molecule has 3 amide bonds. The zero-order valence-electron chi connectivity index (χ0n) is 8.85. The number of rotatable bonds is 3. The molecule has 1 aromatic heterocycles. The molecule has 0 saturated carbocycles. The molecule has 16 heavy (non-hydrogen) atoms. The zero-order valence-corrected chi connectivity index (χ0v) is 8.85. The fraction of sp³-hybridized carbons (Fsp3) is 0.364. The van der Waals surface area contributed by atoms with Gasteiger partial charge in [-0.1, -0.05) is 6.07 Å². The highest BCUT2D eigenvalue weighted by Gasteiger charge is 2.22. The van der Waals surface area contributed by atoms with Gasteiger partial charge in [-0.05, 0) is 18.1 Å². The van der Waals surface area contributed by atoms with Gasteiger partial charge in [0.25, 0.3) is 0 Å². The number of urea groups is 1. The predicted octanol–water partition coefficient (Wildman–Crippen LogP) is 0.566. The number of nitrogens with zero attached hydrogens (tertiary/aromatic N) is 2. The maximum absolute atomic E-state index is 11.4. The van der Waals surface area contributed by atoms with Crippen molar-refractivity contribution in [2.45, 2.75) is 12.8 Å². The van der Waals surface area contributed by atoms with Crippen LogP contribution in [0.5, 0.6) is 0 Å². The Morgan fingerprint density at radius 2 is 2.31 bits per heavy atom. The molecule has 1 aliphatic heterocycles. The maximum atomic E-state index is 11.4. The average Bonchev–Trinajstić information content (AvgIpc) is 2.29. The average molecular weight is 219 g/mol. The van der Waals surface area contributed by atoms with Crippen LogP contribution in [0.25, 0.3) is 0 Å². The van der Waals surface area contributed by atoms with Crippen LogP contribution in [0.15, 0.2) is 24.5 Å². The molecule has 2 heterocycles. The monoisotopic (exact) mass is 219 g/mol. The molecular weight excluding hydrogens is 206 g/mol. The fourth-order valence-corrected chi connectivity index (χ4v) is 1.62. The highest BCUT2D eigenvalue weighted by atomic mass is 16.2. The summed E-state index contributed by atoms with van der Waals surface area (Å²) >= 11 is 0. The molecule has 0 radical (unpaired) electrons. The Morgan fingerprint density at radius 1 is 1.44 bits per heavy atom. The highest BCUT2D eigenvalue weighted by Crippen LogP contribution is 2.04. The van der Waals surface area contributed by atoms with E-state index in [-0.39, 0.29) is 11.9 Å². The quantitative estimate of drug-likeness (QED) is 0.808. The number of imide groups is 1. The Hall–Kier alpha value is -1.91. The molecule has 1 N–H and O–H groups in total. The number of nitrogens with one attached hydrogen (secondary N) is 1. The van der Waals surface area contributed by atoms with Gasteiger partial charge in [-0.25, -0.2) is 4.79 Å². The van der Waals surface area contributed by atoms with Crippen molar-refractivity contribution >= 4 is 11.9 Å². The number of aromatic nitrogens is 1. The van der Waals surface area contributed by atoms with E-state index in [0.29, 0.717) is 19.5 Å². The van der Waals surface area contributed by atoms with Crippen molar-refractivity contribution in [2.75, 3.05) is 13.1 Å². The molecule has 1 fully saturated rings. The van der Waals surface area contributed by atoms with Gasteiger partial charge in [0.05, 0.1) is 0 Å². The normalized spacial score (nSPS) is 16.1. The summed E-state index contributed by atoms with van der Waals surface area (Å²) in [4.78, 5) is 28.0. The van der Waals surface area contributed by atoms with Gasteiger partial charge in [-0.3, -0.25) is 15.1 Å². The minimum atomic E-state index is -0.292. The van der Waals surface area contributed by atoms with Crippen LogP contribution in [-0.4, -0.2) is 34.9 Å². The number of carbonyl (C=O) groups is 2. The highest BCUT2D eigenvalue weighted by molar-refractivity contribution is 5.96. The second-order valence-corrected chi connectivity index (χ2v) is 3.70. The molecule has 0 spiro atoms. The topological polar surface area (TPSA) is 62.3 Å². The number of pyridine rings is 1. The first kappa shape index (κ1) is 10.6. The predicted molar refractivity (Wildman–Crippen MR) is 57.7 cm³/mol. The van der Waals surface area contributed by atoms with Gasteiger partial charge in [0.1, 0.15) is 0 Å². The zero-order chi connectivity index (χ0) is 11.4. The Bertz CT molecular complexity index is 391. The fourth-order valence-electron chi connectivity index (χ4n) is 1.62. The van der Waals surface area contributed by atoms with Crippen LogP contribution in [0.2, 0.25) is 0 Å². The lowest BCUT2D eigenvalue weighted by molar-refractivity contribution is -0.121. The van der Waals surface area contributed by atoms with Crippen molar-refractivity contribution in [2.24, 2.45) is 0 Å². The lowest BCUT2D eigenvalue weighted by Gasteiger charge is -2.26. The first-order valence-electron chi connectivity index (χ1n) is 5.23. The summed E-state index contributed by atoms with van der Waals surface area (Å²) in [5, 5.41) is 2.30. The van der Waals surface area contributed by atoms with Gasteiger partial charge < -0.3 is 4.90 Å². The van der Waals surface area contributed by atoms with Crippen LogP contribution in [0.4, 0.5) is 4.79 Å². The molecule has 0 aliphatic carbocycles. The molecule has 84 valence electrons. The minimum Gasteiger partial charge on any atom is -0.324 e. The van der Waals surface area contributed by atoms with Crippen LogP contribution >= 0.6 is 0 Å². The lowest BCUT2D eigenvalue weighted by Crippen LogP contribution is -2.49. The van der Waals surface area contributed by atoms with E-state index in [1.807, 2.05) is 12.1 Å². The molecule has 0 unspecified atom stereocenters. The van der Waals surface area contributed by atoms with Gasteiger partial charge in [-0.2, -0.15) is 0 Å². The Balaban J connectivity index is 1.87. The molecule has 1 saturated heterocycles. The smallest absolute Gasteiger partial charge is 0.324 e. The number of carbonyl (C=O) groups excluding carboxylic acids is 2. The molecule has 1 aromatic rings. The van der Waals surface area contributed by atoms with E-state index in [1.165, 1.54) is 0 Å². The Labute approximate surface area is 93.5 Å². The van der Waals surface area contributed by atoms with Gasteiger partial charge >= 0.3 is 6.03 Å². The summed E-state index contributed by atoms with van der Waals surface area (Å²) in [5.74, 6) is -0.192. The summed E-state index contributed by atoms with van der Waals surface area (Å²) in [6, 6.07) is 3.55. The van der Waals surface area contributed by atoms with Crippen molar-refractivity contribution < 1.29 is 9.59 Å². The van der Waals surface area contributed by atoms with Crippen LogP contribution in [0.1, 0.15) is 12.0 Å². The lowest BCUT2D eigenvalue weighted by atomic mass is 10.2. The van der Waals surface area contributed by atoms with Crippen molar-refractivity contribution in [1.29, 1.82) is 0 Å². The molecule has 2 rings (SSSR count). The third kappa shape index (κ3) is 2.56. The van der Waals surface area contributed by atoms with Crippen LogP contribution in [-0.2, 0) is 11.2 Å². The third-order valence-electron chi connectivity index (χ3n) is 2.54. The number of hydrogen-bond donors (Lipinski definition) is 1. The molecule has 0 bridgehead atoms.